The highest BCUT2D eigenvalue weighted by molar-refractivity contribution is 5.29. The zero-order chi connectivity index (χ0) is 19.2. The number of pyridine rings is 1. The van der Waals surface area contributed by atoms with Crippen molar-refractivity contribution in [3.05, 3.63) is 59.7 Å². The predicted molar refractivity (Wildman–Crippen MR) is 103 cm³/mol. The second-order valence-electron chi connectivity index (χ2n) is 7.18. The van der Waals surface area contributed by atoms with E-state index in [0.717, 1.165) is 37.2 Å². The SMILES string of the molecule is COc1ccc(CN2CC[C@@H](N(C)CCc3ccccn3)[C@H](O)C2)cc1F. The molecular formula is C21H28FN3O2. The topological polar surface area (TPSA) is 48.8 Å². The first kappa shape index (κ1) is 19.7. The zero-order valence-electron chi connectivity index (χ0n) is 16.0. The molecule has 1 N–H and O–H groups in total. The van der Waals surface area contributed by atoms with Crippen LogP contribution in [0.4, 0.5) is 4.39 Å². The number of hydrogen-bond acceptors (Lipinski definition) is 5. The number of ether oxygens (including phenoxy) is 1. The number of nitrogens with zero attached hydrogens (tertiary/aromatic N) is 3. The monoisotopic (exact) mass is 373 g/mol. The summed E-state index contributed by atoms with van der Waals surface area (Å²) in [7, 11) is 3.52. The van der Waals surface area contributed by atoms with Crippen molar-refractivity contribution in [3.8, 4) is 5.75 Å². The molecule has 1 aliphatic rings. The maximum Gasteiger partial charge on any atom is 0.165 e. The smallest absolute Gasteiger partial charge is 0.165 e. The van der Waals surface area contributed by atoms with Crippen LogP contribution in [0.15, 0.2) is 42.6 Å². The number of β-amino-alcohol motifs (C(OH)–C–C–N with tert-alkyl or cyclic N) is 1. The van der Waals surface area contributed by atoms with Crippen molar-refractivity contribution in [2.24, 2.45) is 0 Å². The van der Waals surface area contributed by atoms with Gasteiger partial charge in [0.15, 0.2) is 11.6 Å². The molecule has 1 aliphatic heterocycles. The zero-order valence-corrected chi connectivity index (χ0v) is 16.0. The highest BCUT2D eigenvalue weighted by Crippen LogP contribution is 2.22. The number of benzene rings is 1. The molecule has 0 spiro atoms. The molecule has 5 nitrogen and oxygen atoms in total. The molecule has 0 saturated carbocycles. The Hall–Kier alpha value is -2.02. The third-order valence-corrected chi connectivity index (χ3v) is 5.27. The third-order valence-electron chi connectivity index (χ3n) is 5.27. The largest absolute Gasteiger partial charge is 0.494 e. The highest BCUT2D eigenvalue weighted by Gasteiger charge is 2.30. The number of aliphatic hydroxyl groups excluding tert-OH is 1. The van der Waals surface area contributed by atoms with E-state index in [0.29, 0.717) is 13.1 Å². The minimum absolute atomic E-state index is 0.137. The Kier molecular flexibility index (Phi) is 6.77. The quantitative estimate of drug-likeness (QED) is 0.807. The lowest BCUT2D eigenvalue weighted by atomic mass is 9.99. The Balaban J connectivity index is 1.50. The van der Waals surface area contributed by atoms with E-state index < -0.39 is 6.10 Å². The van der Waals surface area contributed by atoms with E-state index in [2.05, 4.69) is 21.8 Å². The van der Waals surface area contributed by atoms with Gasteiger partial charge in [0.25, 0.3) is 0 Å². The highest BCUT2D eigenvalue weighted by atomic mass is 19.1. The lowest BCUT2D eigenvalue weighted by Gasteiger charge is -2.40. The molecule has 2 aromatic rings. The van der Waals surface area contributed by atoms with Gasteiger partial charge >= 0.3 is 0 Å². The van der Waals surface area contributed by atoms with Gasteiger partial charge in [-0.15, -0.1) is 0 Å². The van der Waals surface area contributed by atoms with Crippen LogP contribution in [0.1, 0.15) is 17.7 Å². The number of likely N-dealkylation sites (tertiary alicyclic amines) is 1. The van der Waals surface area contributed by atoms with Crippen LogP contribution in [-0.2, 0) is 13.0 Å². The molecule has 0 amide bonds. The molecular weight excluding hydrogens is 345 g/mol. The summed E-state index contributed by atoms with van der Waals surface area (Å²) in [6.07, 6.45) is 3.15. The van der Waals surface area contributed by atoms with E-state index in [-0.39, 0.29) is 17.6 Å². The number of rotatable bonds is 7. The fraction of sp³-hybridized carbons (Fsp3) is 0.476. The van der Waals surface area contributed by atoms with E-state index in [1.165, 1.54) is 13.2 Å². The number of hydrogen-bond donors (Lipinski definition) is 1. The number of aromatic nitrogens is 1. The van der Waals surface area contributed by atoms with Crippen LogP contribution in [0.25, 0.3) is 0 Å². The van der Waals surface area contributed by atoms with Crippen LogP contribution < -0.4 is 4.74 Å². The summed E-state index contributed by atoms with van der Waals surface area (Å²) in [4.78, 5) is 8.76. The van der Waals surface area contributed by atoms with Crippen LogP contribution in [-0.4, -0.2) is 65.8 Å². The molecule has 0 unspecified atom stereocenters. The summed E-state index contributed by atoms with van der Waals surface area (Å²) in [5.74, 6) is -0.0910. The third kappa shape index (κ3) is 5.25. The van der Waals surface area contributed by atoms with Crippen molar-refractivity contribution in [3.63, 3.8) is 0 Å². The average Bonchev–Trinajstić information content (AvgIpc) is 2.67. The van der Waals surface area contributed by atoms with Crippen molar-refractivity contribution in [2.75, 3.05) is 33.8 Å². The second kappa shape index (κ2) is 9.26. The van der Waals surface area contributed by atoms with Crippen molar-refractivity contribution < 1.29 is 14.2 Å². The second-order valence-corrected chi connectivity index (χ2v) is 7.18. The van der Waals surface area contributed by atoms with Crippen molar-refractivity contribution in [2.45, 2.75) is 31.5 Å². The predicted octanol–water partition coefficient (Wildman–Crippen LogP) is 2.34. The van der Waals surface area contributed by atoms with Crippen LogP contribution in [0, 0.1) is 5.82 Å². The molecule has 1 fully saturated rings. The van der Waals surface area contributed by atoms with Gasteiger partial charge in [-0.05, 0) is 43.3 Å². The first-order valence-corrected chi connectivity index (χ1v) is 9.40. The molecule has 2 heterocycles. The number of piperidine rings is 1. The molecule has 6 heteroatoms. The summed E-state index contributed by atoms with van der Waals surface area (Å²) >= 11 is 0. The summed E-state index contributed by atoms with van der Waals surface area (Å²) in [5.41, 5.74) is 1.96. The van der Waals surface area contributed by atoms with Crippen molar-refractivity contribution in [1.29, 1.82) is 0 Å². The van der Waals surface area contributed by atoms with Gasteiger partial charge in [-0.25, -0.2) is 4.39 Å². The van der Waals surface area contributed by atoms with E-state index in [1.54, 1.807) is 6.07 Å². The summed E-state index contributed by atoms with van der Waals surface area (Å²) in [6, 6.07) is 11.1. The van der Waals surface area contributed by atoms with E-state index in [9.17, 15) is 9.50 Å². The molecule has 2 atom stereocenters. The summed E-state index contributed by atoms with van der Waals surface area (Å²) in [5, 5.41) is 10.6. The van der Waals surface area contributed by atoms with Gasteiger partial charge in [0.05, 0.1) is 13.2 Å². The molecule has 3 rings (SSSR count). The molecule has 27 heavy (non-hydrogen) atoms. The molecule has 0 radical (unpaired) electrons. The van der Waals surface area contributed by atoms with Crippen LogP contribution in [0.3, 0.4) is 0 Å². The first-order valence-electron chi connectivity index (χ1n) is 9.40. The van der Waals surface area contributed by atoms with Gasteiger partial charge in [0, 0.05) is 50.5 Å². The number of aliphatic hydroxyl groups is 1. The minimum Gasteiger partial charge on any atom is -0.494 e. The van der Waals surface area contributed by atoms with Crippen LogP contribution >= 0.6 is 0 Å². The van der Waals surface area contributed by atoms with E-state index >= 15 is 0 Å². The Bertz CT molecular complexity index is 729. The molecule has 1 aromatic heterocycles. The van der Waals surface area contributed by atoms with E-state index in [1.807, 2.05) is 30.5 Å². The Morgan fingerprint density at radius 3 is 2.85 bits per heavy atom. The molecule has 146 valence electrons. The van der Waals surface area contributed by atoms with Gasteiger partial charge in [0.1, 0.15) is 0 Å². The maximum atomic E-state index is 13.9. The van der Waals surface area contributed by atoms with Crippen molar-refractivity contribution >= 4 is 0 Å². The molecule has 0 bridgehead atoms. The van der Waals surface area contributed by atoms with Crippen LogP contribution in [0.5, 0.6) is 5.75 Å². The van der Waals surface area contributed by atoms with Gasteiger partial charge in [-0.1, -0.05) is 12.1 Å². The van der Waals surface area contributed by atoms with Crippen LogP contribution in [0.2, 0.25) is 0 Å². The molecule has 1 saturated heterocycles. The maximum absolute atomic E-state index is 13.9. The van der Waals surface area contributed by atoms with Gasteiger partial charge in [-0.2, -0.15) is 0 Å². The first-order chi connectivity index (χ1) is 13.1. The Labute approximate surface area is 160 Å². The summed E-state index contributed by atoms with van der Waals surface area (Å²) < 4.78 is 18.8. The summed E-state index contributed by atoms with van der Waals surface area (Å²) in [6.45, 7) is 2.96. The number of halogens is 1. The number of methoxy groups -OCH3 is 1. The average molecular weight is 373 g/mol. The van der Waals surface area contributed by atoms with Gasteiger partial charge in [0.2, 0.25) is 0 Å². The lowest BCUT2D eigenvalue weighted by Crippen LogP contribution is -2.53. The van der Waals surface area contributed by atoms with Crippen molar-refractivity contribution in [1.82, 2.24) is 14.8 Å². The van der Waals surface area contributed by atoms with Gasteiger partial charge in [-0.3, -0.25) is 9.88 Å². The Morgan fingerprint density at radius 1 is 1.33 bits per heavy atom. The molecule has 0 aliphatic carbocycles. The normalized spacial score (nSPS) is 20.8. The fourth-order valence-corrected chi connectivity index (χ4v) is 3.71. The lowest BCUT2D eigenvalue weighted by molar-refractivity contribution is -0.00621. The fourth-order valence-electron chi connectivity index (χ4n) is 3.71. The Morgan fingerprint density at radius 2 is 2.19 bits per heavy atom. The minimum atomic E-state index is -0.421. The standard InChI is InChI=1S/C21H28FN3O2/c1-24(11-8-17-5-3-4-10-23-17)19-9-12-25(15-20(19)26)14-16-6-7-21(27-2)18(22)13-16/h3-7,10,13,19-20,26H,8-9,11-12,14-15H2,1-2H3/t19-,20-/m1/s1. The molecule has 1 aromatic carbocycles. The number of likely N-dealkylation sites (N-methyl/N-ethyl adjacent to an activating group) is 1. The van der Waals surface area contributed by atoms with E-state index in [4.69, 9.17) is 4.74 Å². The van der Waals surface area contributed by atoms with Gasteiger partial charge < -0.3 is 14.7 Å².